The summed E-state index contributed by atoms with van der Waals surface area (Å²) in [5, 5.41) is 0. The molecule has 2 aromatic rings. The Balaban J connectivity index is 1.72. The van der Waals surface area contributed by atoms with E-state index in [1.54, 1.807) is 38.2 Å². The molecule has 2 atom stereocenters. The summed E-state index contributed by atoms with van der Waals surface area (Å²) in [6.07, 6.45) is 7.39. The number of carbonyl (C=O) groups is 2. The molecule has 2 amide bonds. The van der Waals surface area contributed by atoms with Crippen LogP contribution in [0.15, 0.2) is 36.4 Å². The van der Waals surface area contributed by atoms with Crippen LogP contribution in [0, 0.1) is 0 Å². The van der Waals surface area contributed by atoms with Crippen LogP contribution in [0.1, 0.15) is 57.9 Å². The third-order valence-electron chi connectivity index (χ3n) is 7.34. The number of unbranched alkanes of at least 4 members (excludes halogenated alkanes) is 5. The highest BCUT2D eigenvalue weighted by molar-refractivity contribution is 5.96. The average molecular weight is 511 g/mol. The van der Waals surface area contributed by atoms with Crippen molar-refractivity contribution in [3.05, 3.63) is 42.0 Å². The summed E-state index contributed by atoms with van der Waals surface area (Å²) in [5.41, 5.74) is 2.92. The van der Waals surface area contributed by atoms with E-state index in [2.05, 4.69) is 6.92 Å². The van der Waals surface area contributed by atoms with Crippen LogP contribution in [-0.2, 0) is 16.0 Å². The fourth-order valence-corrected chi connectivity index (χ4v) is 5.02. The molecule has 0 aliphatic carbocycles. The van der Waals surface area contributed by atoms with E-state index in [1.807, 2.05) is 43.3 Å². The van der Waals surface area contributed by atoms with Crippen molar-refractivity contribution in [2.45, 2.75) is 70.9 Å². The van der Waals surface area contributed by atoms with Gasteiger partial charge >= 0.3 is 0 Å². The third kappa shape index (κ3) is 6.56. The van der Waals surface area contributed by atoms with Gasteiger partial charge in [0.15, 0.2) is 11.5 Å². The van der Waals surface area contributed by atoms with E-state index in [9.17, 15) is 9.59 Å². The molecule has 202 valence electrons. The number of methoxy groups -OCH3 is 3. The SMILES string of the molecule is CCCCCCCCN1C(=O)[C@H](Cc2ccc(-c3cc(OC)c(OC)c(OC)c3)cc2)N(C)C(=O)[C@@H]1C. The zero-order valence-corrected chi connectivity index (χ0v) is 23.2. The predicted molar refractivity (Wildman–Crippen MR) is 146 cm³/mol. The first-order valence-corrected chi connectivity index (χ1v) is 13.3. The second kappa shape index (κ2) is 13.4. The van der Waals surface area contributed by atoms with Gasteiger partial charge in [-0.1, -0.05) is 63.3 Å². The van der Waals surface area contributed by atoms with Gasteiger partial charge in [0.25, 0.3) is 0 Å². The van der Waals surface area contributed by atoms with Crippen LogP contribution in [0.4, 0.5) is 0 Å². The van der Waals surface area contributed by atoms with Crippen LogP contribution in [0.25, 0.3) is 11.1 Å². The predicted octanol–water partition coefficient (Wildman–Crippen LogP) is 5.34. The molecule has 2 aromatic carbocycles. The molecule has 1 heterocycles. The summed E-state index contributed by atoms with van der Waals surface area (Å²) >= 11 is 0. The lowest BCUT2D eigenvalue weighted by atomic mass is 9.96. The maximum atomic E-state index is 13.4. The zero-order chi connectivity index (χ0) is 26.9. The number of benzene rings is 2. The van der Waals surface area contributed by atoms with Gasteiger partial charge in [-0.05, 0) is 42.2 Å². The molecule has 7 heteroatoms. The molecule has 0 aromatic heterocycles. The van der Waals surface area contributed by atoms with Crippen LogP contribution in [0.5, 0.6) is 17.2 Å². The van der Waals surface area contributed by atoms with Crippen molar-refractivity contribution in [3.8, 4) is 28.4 Å². The highest BCUT2D eigenvalue weighted by Gasteiger charge is 2.41. The van der Waals surface area contributed by atoms with Crippen molar-refractivity contribution in [2.75, 3.05) is 34.9 Å². The maximum absolute atomic E-state index is 13.4. The molecule has 0 N–H and O–H groups in total. The van der Waals surface area contributed by atoms with E-state index >= 15 is 0 Å². The van der Waals surface area contributed by atoms with Gasteiger partial charge in [0, 0.05) is 20.0 Å². The van der Waals surface area contributed by atoms with Gasteiger partial charge in [-0.2, -0.15) is 0 Å². The molecular formula is C30H42N2O5. The number of amides is 2. The molecule has 1 aliphatic heterocycles. The first kappa shape index (κ1) is 28.4. The fraction of sp³-hybridized carbons (Fsp3) is 0.533. The topological polar surface area (TPSA) is 68.3 Å². The van der Waals surface area contributed by atoms with Crippen molar-refractivity contribution in [1.29, 1.82) is 0 Å². The molecule has 7 nitrogen and oxygen atoms in total. The van der Waals surface area contributed by atoms with Crippen molar-refractivity contribution >= 4 is 11.8 Å². The number of ether oxygens (including phenoxy) is 3. The molecular weight excluding hydrogens is 468 g/mol. The number of nitrogens with zero attached hydrogens (tertiary/aromatic N) is 2. The Hall–Kier alpha value is -3.22. The molecule has 0 saturated carbocycles. The maximum Gasteiger partial charge on any atom is 0.246 e. The van der Waals surface area contributed by atoms with E-state index in [0.717, 1.165) is 29.5 Å². The Bertz CT molecular complexity index is 1030. The van der Waals surface area contributed by atoms with Crippen LogP contribution in [0.2, 0.25) is 0 Å². The zero-order valence-electron chi connectivity index (χ0n) is 23.2. The largest absolute Gasteiger partial charge is 0.493 e. The quantitative estimate of drug-likeness (QED) is 0.340. The van der Waals surface area contributed by atoms with E-state index < -0.39 is 12.1 Å². The number of likely N-dealkylation sites (N-methyl/N-ethyl adjacent to an activating group) is 1. The third-order valence-corrected chi connectivity index (χ3v) is 7.34. The Kier molecular flexibility index (Phi) is 10.2. The minimum absolute atomic E-state index is 0.00428. The minimum Gasteiger partial charge on any atom is -0.493 e. The number of hydrogen-bond donors (Lipinski definition) is 0. The molecule has 0 radical (unpaired) electrons. The molecule has 0 bridgehead atoms. The van der Waals surface area contributed by atoms with Gasteiger partial charge in [0.05, 0.1) is 21.3 Å². The summed E-state index contributed by atoms with van der Waals surface area (Å²) in [6.45, 7) is 4.69. The van der Waals surface area contributed by atoms with E-state index in [-0.39, 0.29) is 11.8 Å². The molecule has 37 heavy (non-hydrogen) atoms. The van der Waals surface area contributed by atoms with E-state index in [1.165, 1.54) is 25.7 Å². The fourth-order valence-electron chi connectivity index (χ4n) is 5.02. The molecule has 1 aliphatic rings. The van der Waals surface area contributed by atoms with E-state index in [4.69, 9.17) is 14.2 Å². The van der Waals surface area contributed by atoms with Crippen molar-refractivity contribution in [1.82, 2.24) is 9.80 Å². The summed E-state index contributed by atoms with van der Waals surface area (Å²) in [5.74, 6) is 1.77. The van der Waals surface area contributed by atoms with Crippen molar-refractivity contribution < 1.29 is 23.8 Å². The first-order chi connectivity index (χ1) is 17.9. The Morgan fingerprint density at radius 2 is 1.38 bits per heavy atom. The first-order valence-electron chi connectivity index (χ1n) is 13.3. The second-order valence-electron chi connectivity index (χ2n) is 9.76. The summed E-state index contributed by atoms with van der Waals surface area (Å²) in [7, 11) is 6.52. The molecule has 0 unspecified atom stereocenters. The Morgan fingerprint density at radius 3 is 1.95 bits per heavy atom. The van der Waals surface area contributed by atoms with Gasteiger partial charge in [-0.15, -0.1) is 0 Å². The van der Waals surface area contributed by atoms with Crippen LogP contribution in [-0.4, -0.2) is 68.6 Å². The lowest BCUT2D eigenvalue weighted by molar-refractivity contribution is -0.159. The summed E-state index contributed by atoms with van der Waals surface area (Å²) in [4.78, 5) is 29.8. The lowest BCUT2D eigenvalue weighted by Gasteiger charge is -2.42. The lowest BCUT2D eigenvalue weighted by Crippen LogP contribution is -2.63. The van der Waals surface area contributed by atoms with Crippen molar-refractivity contribution in [3.63, 3.8) is 0 Å². The minimum atomic E-state index is -0.490. The smallest absolute Gasteiger partial charge is 0.246 e. The number of hydrogen-bond acceptors (Lipinski definition) is 5. The standard InChI is InChI=1S/C30H42N2O5/c1-7-8-9-10-11-12-17-32-21(2)29(33)31(3)25(30(32)34)18-22-13-15-23(16-14-22)24-19-26(35-4)28(37-6)27(20-24)36-5/h13-16,19-21,25H,7-12,17-18H2,1-6H3/t21-,25-/m0/s1. The molecule has 0 spiro atoms. The monoisotopic (exact) mass is 510 g/mol. The Labute approximate surface area is 221 Å². The number of rotatable bonds is 13. The van der Waals surface area contributed by atoms with Gasteiger partial charge in [-0.3, -0.25) is 9.59 Å². The highest BCUT2D eigenvalue weighted by atomic mass is 16.5. The van der Waals surface area contributed by atoms with Gasteiger partial charge in [0.1, 0.15) is 12.1 Å². The van der Waals surface area contributed by atoms with Crippen molar-refractivity contribution in [2.24, 2.45) is 0 Å². The second-order valence-corrected chi connectivity index (χ2v) is 9.76. The van der Waals surface area contributed by atoms with Crippen LogP contribution in [0.3, 0.4) is 0 Å². The number of carbonyl (C=O) groups excluding carboxylic acids is 2. The van der Waals surface area contributed by atoms with Gasteiger partial charge < -0.3 is 24.0 Å². The summed E-state index contributed by atoms with van der Waals surface area (Å²) < 4.78 is 16.4. The van der Waals surface area contributed by atoms with Crippen LogP contribution < -0.4 is 14.2 Å². The molecule has 1 saturated heterocycles. The van der Waals surface area contributed by atoms with Gasteiger partial charge in [0.2, 0.25) is 17.6 Å². The highest BCUT2D eigenvalue weighted by Crippen LogP contribution is 2.41. The van der Waals surface area contributed by atoms with Crippen LogP contribution >= 0.6 is 0 Å². The molecule has 3 rings (SSSR count). The van der Waals surface area contributed by atoms with E-state index in [0.29, 0.717) is 30.2 Å². The average Bonchev–Trinajstić information content (AvgIpc) is 2.92. The molecule has 1 fully saturated rings. The van der Waals surface area contributed by atoms with Gasteiger partial charge in [-0.25, -0.2) is 0 Å². The summed E-state index contributed by atoms with van der Waals surface area (Å²) in [6, 6.07) is 11.0. The number of piperazine rings is 1. The Morgan fingerprint density at radius 1 is 0.784 bits per heavy atom. The normalized spacial score (nSPS) is 17.8.